The highest BCUT2D eigenvalue weighted by Gasteiger charge is 2.14. The van der Waals surface area contributed by atoms with Crippen molar-refractivity contribution in [2.24, 2.45) is 0 Å². The smallest absolute Gasteiger partial charge is 0.143 e. The molecule has 0 saturated carbocycles. The Balaban J connectivity index is 2.25. The Labute approximate surface area is 99.4 Å². The predicted molar refractivity (Wildman–Crippen MR) is 66.8 cm³/mol. The summed E-state index contributed by atoms with van der Waals surface area (Å²) in [5, 5.41) is 0. The fourth-order valence-corrected chi connectivity index (χ4v) is 2.39. The molecule has 0 radical (unpaired) electrons. The lowest BCUT2D eigenvalue weighted by molar-refractivity contribution is 0.412. The third-order valence-electron chi connectivity index (χ3n) is 2.84. The van der Waals surface area contributed by atoms with Gasteiger partial charge in [-0.2, -0.15) is 0 Å². The van der Waals surface area contributed by atoms with Crippen molar-refractivity contribution in [1.82, 2.24) is 0 Å². The Morgan fingerprint density at radius 3 is 2.60 bits per heavy atom. The molecule has 0 aromatic heterocycles. The first-order chi connectivity index (χ1) is 7.31. The average Bonchev–Trinajstić information content (AvgIpc) is 2.30. The van der Waals surface area contributed by atoms with E-state index < -0.39 is 0 Å². The van der Waals surface area contributed by atoms with E-state index in [-0.39, 0.29) is 0 Å². The quantitative estimate of drug-likeness (QED) is 0.816. The number of benzene rings is 1. The molecule has 82 valence electrons. The molecule has 0 spiro atoms. The molecule has 1 heterocycles. The van der Waals surface area contributed by atoms with Gasteiger partial charge in [0.25, 0.3) is 0 Å². The Morgan fingerprint density at radius 2 is 1.93 bits per heavy atom. The van der Waals surface area contributed by atoms with Crippen molar-refractivity contribution in [2.45, 2.75) is 19.3 Å². The number of hydrogen-bond acceptors (Lipinski definition) is 2. The molecule has 2 nitrogen and oxygen atoms in total. The first-order valence-electron chi connectivity index (χ1n) is 5.40. The molecule has 15 heavy (non-hydrogen) atoms. The summed E-state index contributed by atoms with van der Waals surface area (Å²) in [6.45, 7) is 2.30. The summed E-state index contributed by atoms with van der Waals surface area (Å²) in [6, 6.07) is 6.24. The van der Waals surface area contributed by atoms with E-state index in [1.54, 1.807) is 7.11 Å². The topological polar surface area (TPSA) is 12.5 Å². The van der Waals surface area contributed by atoms with Crippen LogP contribution in [0, 0.1) is 0 Å². The summed E-state index contributed by atoms with van der Waals surface area (Å²) in [7, 11) is 1.73. The standard InChI is InChI=1S/C12H16BrNO/c1-15-12-9-10(13)5-6-11(12)14-7-3-2-4-8-14/h5-6,9H,2-4,7-8H2,1H3. The number of anilines is 1. The predicted octanol–water partition coefficient (Wildman–Crippen LogP) is 3.45. The van der Waals surface area contributed by atoms with Crippen LogP contribution in [0.4, 0.5) is 5.69 Å². The van der Waals surface area contributed by atoms with Crippen LogP contribution in [0.25, 0.3) is 0 Å². The summed E-state index contributed by atoms with van der Waals surface area (Å²) in [5.41, 5.74) is 1.22. The average molecular weight is 270 g/mol. The van der Waals surface area contributed by atoms with Crippen LogP contribution in [0.2, 0.25) is 0 Å². The van der Waals surface area contributed by atoms with Gasteiger partial charge in [-0.1, -0.05) is 15.9 Å². The van der Waals surface area contributed by atoms with Crippen molar-refractivity contribution >= 4 is 21.6 Å². The van der Waals surface area contributed by atoms with Gasteiger partial charge in [-0.15, -0.1) is 0 Å². The molecule has 3 heteroatoms. The Hall–Kier alpha value is -0.700. The van der Waals surface area contributed by atoms with Gasteiger partial charge >= 0.3 is 0 Å². The lowest BCUT2D eigenvalue weighted by Crippen LogP contribution is -2.29. The SMILES string of the molecule is COc1cc(Br)ccc1N1CCCCC1. The molecule has 0 aliphatic carbocycles. The van der Waals surface area contributed by atoms with Crippen LogP contribution in [-0.4, -0.2) is 20.2 Å². The Bertz CT molecular complexity index is 334. The van der Waals surface area contributed by atoms with Gasteiger partial charge in [0.15, 0.2) is 0 Å². The molecule has 1 aliphatic rings. The molecule has 1 fully saturated rings. The third-order valence-corrected chi connectivity index (χ3v) is 3.33. The van der Waals surface area contributed by atoms with Crippen LogP contribution in [0.3, 0.4) is 0 Å². The van der Waals surface area contributed by atoms with Crippen LogP contribution < -0.4 is 9.64 Å². The van der Waals surface area contributed by atoms with E-state index in [2.05, 4.69) is 33.0 Å². The zero-order valence-corrected chi connectivity index (χ0v) is 10.6. The summed E-state index contributed by atoms with van der Waals surface area (Å²) in [6.07, 6.45) is 3.94. The van der Waals surface area contributed by atoms with E-state index in [1.807, 2.05) is 6.07 Å². The van der Waals surface area contributed by atoms with Crippen LogP contribution in [-0.2, 0) is 0 Å². The van der Waals surface area contributed by atoms with Crippen LogP contribution in [0.1, 0.15) is 19.3 Å². The van der Waals surface area contributed by atoms with Gasteiger partial charge in [0.05, 0.1) is 12.8 Å². The number of ether oxygens (including phenoxy) is 1. The molecule has 2 rings (SSSR count). The highest BCUT2D eigenvalue weighted by molar-refractivity contribution is 9.10. The van der Waals surface area contributed by atoms with Crippen LogP contribution >= 0.6 is 15.9 Å². The van der Waals surface area contributed by atoms with E-state index in [1.165, 1.54) is 24.9 Å². The summed E-state index contributed by atoms with van der Waals surface area (Å²) >= 11 is 3.46. The first-order valence-corrected chi connectivity index (χ1v) is 6.19. The molecular weight excluding hydrogens is 254 g/mol. The fraction of sp³-hybridized carbons (Fsp3) is 0.500. The van der Waals surface area contributed by atoms with Gasteiger partial charge < -0.3 is 9.64 Å². The fourth-order valence-electron chi connectivity index (χ4n) is 2.05. The maximum atomic E-state index is 5.41. The number of hydrogen-bond donors (Lipinski definition) is 0. The van der Waals surface area contributed by atoms with Gasteiger partial charge in [0.1, 0.15) is 5.75 Å². The third kappa shape index (κ3) is 2.46. The normalized spacial score (nSPS) is 16.5. The Morgan fingerprint density at radius 1 is 1.20 bits per heavy atom. The van der Waals surface area contributed by atoms with Gasteiger partial charge in [0.2, 0.25) is 0 Å². The minimum Gasteiger partial charge on any atom is -0.495 e. The number of halogens is 1. The first kappa shape index (κ1) is 10.8. The minimum atomic E-state index is 0.964. The highest BCUT2D eigenvalue weighted by atomic mass is 79.9. The van der Waals surface area contributed by atoms with Crippen molar-refractivity contribution in [1.29, 1.82) is 0 Å². The maximum absolute atomic E-state index is 5.41. The summed E-state index contributed by atoms with van der Waals surface area (Å²) in [5.74, 6) is 0.964. The monoisotopic (exact) mass is 269 g/mol. The van der Waals surface area contributed by atoms with Gasteiger partial charge in [-0.25, -0.2) is 0 Å². The summed E-state index contributed by atoms with van der Waals surface area (Å²) < 4.78 is 6.48. The number of piperidine rings is 1. The van der Waals surface area contributed by atoms with Crippen molar-refractivity contribution in [3.63, 3.8) is 0 Å². The van der Waals surface area contributed by atoms with E-state index in [0.29, 0.717) is 0 Å². The zero-order chi connectivity index (χ0) is 10.7. The van der Waals surface area contributed by atoms with E-state index >= 15 is 0 Å². The largest absolute Gasteiger partial charge is 0.495 e. The number of nitrogens with zero attached hydrogens (tertiary/aromatic N) is 1. The second-order valence-electron chi connectivity index (χ2n) is 3.86. The number of rotatable bonds is 2. The van der Waals surface area contributed by atoms with Crippen molar-refractivity contribution in [3.05, 3.63) is 22.7 Å². The zero-order valence-electron chi connectivity index (χ0n) is 9.00. The molecule has 0 bridgehead atoms. The van der Waals surface area contributed by atoms with E-state index in [0.717, 1.165) is 23.3 Å². The second-order valence-corrected chi connectivity index (χ2v) is 4.78. The van der Waals surface area contributed by atoms with Crippen LogP contribution in [0.15, 0.2) is 22.7 Å². The number of methoxy groups -OCH3 is 1. The summed E-state index contributed by atoms with van der Waals surface area (Å²) in [4.78, 5) is 2.41. The minimum absolute atomic E-state index is 0.964. The molecule has 1 saturated heterocycles. The van der Waals surface area contributed by atoms with Crippen molar-refractivity contribution in [2.75, 3.05) is 25.1 Å². The highest BCUT2D eigenvalue weighted by Crippen LogP contribution is 2.32. The molecule has 1 aromatic carbocycles. The van der Waals surface area contributed by atoms with Gasteiger partial charge in [-0.3, -0.25) is 0 Å². The van der Waals surface area contributed by atoms with Gasteiger partial charge in [0, 0.05) is 17.6 Å². The van der Waals surface area contributed by atoms with Crippen molar-refractivity contribution in [3.8, 4) is 5.75 Å². The molecule has 0 amide bonds. The maximum Gasteiger partial charge on any atom is 0.143 e. The molecule has 1 aromatic rings. The molecule has 0 unspecified atom stereocenters. The second kappa shape index (κ2) is 4.88. The molecule has 0 atom stereocenters. The van der Waals surface area contributed by atoms with Crippen LogP contribution in [0.5, 0.6) is 5.75 Å². The molecular formula is C12H16BrNO. The lowest BCUT2D eigenvalue weighted by Gasteiger charge is -2.30. The Kier molecular flexibility index (Phi) is 3.52. The van der Waals surface area contributed by atoms with Crippen molar-refractivity contribution < 1.29 is 4.74 Å². The lowest BCUT2D eigenvalue weighted by atomic mass is 10.1. The molecule has 0 N–H and O–H groups in total. The van der Waals surface area contributed by atoms with Gasteiger partial charge in [-0.05, 0) is 37.5 Å². The van der Waals surface area contributed by atoms with E-state index in [9.17, 15) is 0 Å². The molecule has 1 aliphatic heterocycles. The van der Waals surface area contributed by atoms with E-state index in [4.69, 9.17) is 4.74 Å².